The molecule has 0 heterocycles. The molecule has 0 saturated heterocycles. The molecule has 0 fully saturated rings. The Labute approximate surface area is 105 Å². The Morgan fingerprint density at radius 3 is 2.94 bits per heavy atom. The smallest absolute Gasteiger partial charge is 0.101 e. The third-order valence-corrected chi connectivity index (χ3v) is 2.57. The summed E-state index contributed by atoms with van der Waals surface area (Å²) in [5.74, 6) is 0. The number of benzene rings is 1. The van der Waals surface area contributed by atoms with E-state index in [1.807, 2.05) is 26.0 Å². The third-order valence-electron chi connectivity index (χ3n) is 2.08. The van der Waals surface area contributed by atoms with Crippen LogP contribution in [0.25, 0.3) is 0 Å². The van der Waals surface area contributed by atoms with Crippen molar-refractivity contribution in [2.45, 2.75) is 19.9 Å². The second kappa shape index (κ2) is 6.51. The molecule has 1 aromatic carbocycles. The summed E-state index contributed by atoms with van der Waals surface area (Å²) in [4.78, 5) is 0. The maximum absolute atomic E-state index is 8.96. The lowest BCUT2D eigenvalue weighted by atomic mass is 10.2. The Balaban J connectivity index is 2.72. The van der Waals surface area contributed by atoms with Crippen molar-refractivity contribution in [3.8, 4) is 6.07 Å². The van der Waals surface area contributed by atoms with E-state index in [-0.39, 0.29) is 6.04 Å². The van der Waals surface area contributed by atoms with Crippen LogP contribution in [0.5, 0.6) is 0 Å². The molecule has 16 heavy (non-hydrogen) atoms. The fourth-order valence-electron chi connectivity index (χ4n) is 1.34. The second-order valence-electron chi connectivity index (χ2n) is 3.51. The van der Waals surface area contributed by atoms with Gasteiger partial charge in [0.2, 0.25) is 0 Å². The molecule has 0 amide bonds. The fourth-order valence-corrected chi connectivity index (χ4v) is 1.70. The van der Waals surface area contributed by atoms with E-state index in [1.54, 1.807) is 6.07 Å². The van der Waals surface area contributed by atoms with Crippen LogP contribution in [0.2, 0.25) is 0 Å². The average molecular weight is 283 g/mol. The molecule has 4 heteroatoms. The quantitative estimate of drug-likeness (QED) is 0.902. The van der Waals surface area contributed by atoms with Crippen molar-refractivity contribution in [2.75, 3.05) is 18.5 Å². The van der Waals surface area contributed by atoms with E-state index in [4.69, 9.17) is 10.00 Å². The maximum Gasteiger partial charge on any atom is 0.101 e. The number of hydrogen-bond donors (Lipinski definition) is 1. The van der Waals surface area contributed by atoms with Crippen molar-refractivity contribution in [2.24, 2.45) is 0 Å². The van der Waals surface area contributed by atoms with Gasteiger partial charge in [-0.3, -0.25) is 0 Å². The Hall–Kier alpha value is -1.05. The summed E-state index contributed by atoms with van der Waals surface area (Å²) in [6.07, 6.45) is 0. The van der Waals surface area contributed by atoms with Gasteiger partial charge >= 0.3 is 0 Å². The molecule has 0 aliphatic heterocycles. The molecule has 3 nitrogen and oxygen atoms in total. The zero-order valence-electron chi connectivity index (χ0n) is 9.46. The highest BCUT2D eigenvalue weighted by atomic mass is 79.9. The number of nitriles is 1. The van der Waals surface area contributed by atoms with Crippen LogP contribution < -0.4 is 5.32 Å². The topological polar surface area (TPSA) is 45.0 Å². The Morgan fingerprint density at radius 2 is 2.31 bits per heavy atom. The summed E-state index contributed by atoms with van der Waals surface area (Å²) in [6.45, 7) is 5.33. The first-order valence-electron chi connectivity index (χ1n) is 5.21. The van der Waals surface area contributed by atoms with Crippen molar-refractivity contribution >= 4 is 21.6 Å². The Bertz CT molecular complexity index is 387. The molecule has 0 spiro atoms. The van der Waals surface area contributed by atoms with Gasteiger partial charge in [-0.15, -0.1) is 0 Å². The number of rotatable bonds is 5. The monoisotopic (exact) mass is 282 g/mol. The second-order valence-corrected chi connectivity index (χ2v) is 4.42. The van der Waals surface area contributed by atoms with E-state index in [9.17, 15) is 0 Å². The van der Waals surface area contributed by atoms with E-state index in [1.165, 1.54) is 0 Å². The molecular formula is C12H15BrN2O. The molecule has 1 N–H and O–H groups in total. The first-order chi connectivity index (χ1) is 7.67. The van der Waals surface area contributed by atoms with Crippen LogP contribution >= 0.6 is 15.9 Å². The van der Waals surface area contributed by atoms with E-state index >= 15 is 0 Å². The number of halogens is 1. The van der Waals surface area contributed by atoms with Gasteiger partial charge in [0.1, 0.15) is 6.07 Å². The average Bonchev–Trinajstić information content (AvgIpc) is 2.27. The number of anilines is 1. The molecule has 0 radical (unpaired) electrons. The van der Waals surface area contributed by atoms with Crippen molar-refractivity contribution in [3.05, 3.63) is 28.2 Å². The standard InChI is InChI=1S/C12H15BrN2O/c1-3-16-8-9(2)15-12-6-11(13)5-4-10(12)7-14/h4-6,9,15H,3,8H2,1-2H3. The van der Waals surface area contributed by atoms with Gasteiger partial charge < -0.3 is 10.1 Å². The highest BCUT2D eigenvalue weighted by molar-refractivity contribution is 9.10. The van der Waals surface area contributed by atoms with E-state index in [0.29, 0.717) is 18.8 Å². The molecular weight excluding hydrogens is 268 g/mol. The zero-order chi connectivity index (χ0) is 12.0. The molecule has 0 aliphatic carbocycles. The fraction of sp³-hybridized carbons (Fsp3) is 0.417. The van der Waals surface area contributed by atoms with Gasteiger partial charge in [0.25, 0.3) is 0 Å². The molecule has 1 aromatic rings. The largest absolute Gasteiger partial charge is 0.380 e. The lowest BCUT2D eigenvalue weighted by molar-refractivity contribution is 0.141. The molecule has 1 unspecified atom stereocenters. The van der Waals surface area contributed by atoms with Crippen molar-refractivity contribution in [1.82, 2.24) is 0 Å². The zero-order valence-corrected chi connectivity index (χ0v) is 11.0. The normalized spacial score (nSPS) is 11.9. The molecule has 0 saturated carbocycles. The number of ether oxygens (including phenoxy) is 1. The lowest BCUT2D eigenvalue weighted by Crippen LogP contribution is -2.22. The predicted octanol–water partition coefficient (Wildman–Crippen LogP) is 3.16. The van der Waals surface area contributed by atoms with Crippen LogP contribution in [0.3, 0.4) is 0 Å². The molecule has 1 atom stereocenters. The Morgan fingerprint density at radius 1 is 1.56 bits per heavy atom. The predicted molar refractivity (Wildman–Crippen MR) is 68.4 cm³/mol. The third kappa shape index (κ3) is 3.84. The van der Waals surface area contributed by atoms with Crippen molar-refractivity contribution in [1.29, 1.82) is 5.26 Å². The molecule has 0 aliphatic rings. The van der Waals surface area contributed by atoms with Crippen LogP contribution in [0.15, 0.2) is 22.7 Å². The number of nitrogens with zero attached hydrogens (tertiary/aromatic N) is 1. The Kier molecular flexibility index (Phi) is 5.30. The van der Waals surface area contributed by atoms with Crippen LogP contribution in [0, 0.1) is 11.3 Å². The van der Waals surface area contributed by atoms with Gasteiger partial charge in [-0.05, 0) is 32.0 Å². The van der Waals surface area contributed by atoms with Crippen molar-refractivity contribution in [3.63, 3.8) is 0 Å². The van der Waals surface area contributed by atoms with Gasteiger partial charge in [-0.25, -0.2) is 0 Å². The number of hydrogen-bond acceptors (Lipinski definition) is 3. The summed E-state index contributed by atoms with van der Waals surface area (Å²) < 4.78 is 6.27. The van der Waals surface area contributed by atoms with E-state index in [0.717, 1.165) is 10.2 Å². The maximum atomic E-state index is 8.96. The minimum Gasteiger partial charge on any atom is -0.380 e. The van der Waals surface area contributed by atoms with Gasteiger partial charge in [0.15, 0.2) is 0 Å². The van der Waals surface area contributed by atoms with Gasteiger partial charge in [-0.1, -0.05) is 15.9 Å². The SMILES string of the molecule is CCOCC(C)Nc1cc(Br)ccc1C#N. The minimum atomic E-state index is 0.182. The molecule has 1 rings (SSSR count). The van der Waals surface area contributed by atoms with E-state index in [2.05, 4.69) is 27.3 Å². The lowest BCUT2D eigenvalue weighted by Gasteiger charge is -2.16. The van der Waals surface area contributed by atoms with Crippen LogP contribution in [-0.2, 0) is 4.74 Å². The summed E-state index contributed by atoms with van der Waals surface area (Å²) >= 11 is 3.39. The summed E-state index contributed by atoms with van der Waals surface area (Å²) in [6, 6.07) is 7.90. The van der Waals surface area contributed by atoms with Gasteiger partial charge in [0, 0.05) is 17.1 Å². The molecule has 0 bridgehead atoms. The highest BCUT2D eigenvalue weighted by Gasteiger charge is 2.06. The highest BCUT2D eigenvalue weighted by Crippen LogP contribution is 2.21. The molecule has 0 aromatic heterocycles. The van der Waals surface area contributed by atoms with Gasteiger partial charge in [-0.2, -0.15) is 5.26 Å². The van der Waals surface area contributed by atoms with Crippen LogP contribution in [0.4, 0.5) is 5.69 Å². The summed E-state index contributed by atoms with van der Waals surface area (Å²) in [7, 11) is 0. The summed E-state index contributed by atoms with van der Waals surface area (Å²) in [5, 5.41) is 12.2. The minimum absolute atomic E-state index is 0.182. The van der Waals surface area contributed by atoms with Crippen LogP contribution in [-0.4, -0.2) is 19.3 Å². The first-order valence-corrected chi connectivity index (χ1v) is 6.00. The van der Waals surface area contributed by atoms with Crippen molar-refractivity contribution < 1.29 is 4.74 Å². The summed E-state index contributed by atoms with van der Waals surface area (Å²) in [5.41, 5.74) is 1.48. The van der Waals surface area contributed by atoms with Gasteiger partial charge in [0.05, 0.1) is 17.9 Å². The van der Waals surface area contributed by atoms with Crippen LogP contribution in [0.1, 0.15) is 19.4 Å². The first kappa shape index (κ1) is 13.0. The van der Waals surface area contributed by atoms with E-state index < -0.39 is 0 Å². The number of nitrogens with one attached hydrogen (secondary N) is 1. The molecule has 86 valence electrons.